The lowest BCUT2D eigenvalue weighted by molar-refractivity contribution is -0.129. The number of benzene rings is 1. The normalized spacial score (nSPS) is 25.1. The SMILES string of the molecule is O=C(NCC[C@@H]1CC[C@@H](NC(=O)C2CC2)[C@H](CO)O1)c1cc(Cl)cc(Cl)c1. The van der Waals surface area contributed by atoms with Gasteiger partial charge in [0.2, 0.25) is 5.91 Å². The Morgan fingerprint density at radius 2 is 1.81 bits per heavy atom. The minimum Gasteiger partial charge on any atom is -0.394 e. The quantitative estimate of drug-likeness (QED) is 0.639. The molecule has 3 N–H and O–H groups in total. The Labute approximate surface area is 168 Å². The van der Waals surface area contributed by atoms with Crippen LogP contribution in [0.1, 0.15) is 42.5 Å². The maximum absolute atomic E-state index is 12.2. The summed E-state index contributed by atoms with van der Waals surface area (Å²) < 4.78 is 5.92. The fourth-order valence-electron chi connectivity index (χ4n) is 3.29. The first kappa shape index (κ1) is 20.4. The van der Waals surface area contributed by atoms with E-state index in [2.05, 4.69) is 10.6 Å². The van der Waals surface area contributed by atoms with E-state index in [1.165, 1.54) is 0 Å². The predicted octanol–water partition coefficient (Wildman–Crippen LogP) is 2.55. The Balaban J connectivity index is 1.43. The number of nitrogens with one attached hydrogen (secondary N) is 2. The van der Waals surface area contributed by atoms with E-state index in [1.54, 1.807) is 18.2 Å². The van der Waals surface area contributed by atoms with Crippen molar-refractivity contribution in [3.63, 3.8) is 0 Å². The Bertz CT molecular complexity index is 676. The van der Waals surface area contributed by atoms with Gasteiger partial charge in [-0.2, -0.15) is 0 Å². The molecule has 0 bridgehead atoms. The molecular formula is C19H24Cl2N2O4. The van der Waals surface area contributed by atoms with E-state index >= 15 is 0 Å². The molecule has 3 atom stereocenters. The molecule has 3 rings (SSSR count). The van der Waals surface area contributed by atoms with Crippen LogP contribution in [0.4, 0.5) is 0 Å². The van der Waals surface area contributed by atoms with Gasteiger partial charge in [0.25, 0.3) is 5.91 Å². The third-order valence-electron chi connectivity index (χ3n) is 4.95. The molecule has 2 amide bonds. The summed E-state index contributed by atoms with van der Waals surface area (Å²) in [6.45, 7) is 0.296. The second-order valence-electron chi connectivity index (χ2n) is 7.15. The van der Waals surface area contributed by atoms with E-state index in [0.29, 0.717) is 28.6 Å². The zero-order valence-electron chi connectivity index (χ0n) is 14.9. The van der Waals surface area contributed by atoms with Gasteiger partial charge in [-0.1, -0.05) is 23.2 Å². The van der Waals surface area contributed by atoms with Gasteiger partial charge >= 0.3 is 0 Å². The molecule has 27 heavy (non-hydrogen) atoms. The monoisotopic (exact) mass is 414 g/mol. The van der Waals surface area contributed by atoms with Crippen LogP contribution in [0.25, 0.3) is 0 Å². The number of aliphatic hydroxyl groups is 1. The summed E-state index contributed by atoms with van der Waals surface area (Å²) >= 11 is 11.8. The number of ether oxygens (including phenoxy) is 1. The fraction of sp³-hybridized carbons (Fsp3) is 0.579. The number of hydrogen-bond acceptors (Lipinski definition) is 4. The van der Waals surface area contributed by atoms with Gasteiger partial charge < -0.3 is 20.5 Å². The van der Waals surface area contributed by atoms with Crippen LogP contribution in [0.15, 0.2) is 18.2 Å². The molecule has 8 heteroatoms. The molecule has 6 nitrogen and oxygen atoms in total. The predicted molar refractivity (Wildman–Crippen MR) is 103 cm³/mol. The van der Waals surface area contributed by atoms with Gasteiger partial charge in [0.05, 0.1) is 18.8 Å². The summed E-state index contributed by atoms with van der Waals surface area (Å²) in [6, 6.07) is 4.55. The Morgan fingerprint density at radius 1 is 1.11 bits per heavy atom. The molecule has 1 saturated heterocycles. The van der Waals surface area contributed by atoms with Crippen LogP contribution in [-0.2, 0) is 9.53 Å². The van der Waals surface area contributed by atoms with Gasteiger partial charge in [0.1, 0.15) is 6.10 Å². The number of carbonyl (C=O) groups excluding carboxylic acids is 2. The largest absolute Gasteiger partial charge is 0.394 e. The highest BCUT2D eigenvalue weighted by Gasteiger charge is 2.36. The first-order valence-corrected chi connectivity index (χ1v) is 10.0. The molecule has 1 aliphatic carbocycles. The van der Waals surface area contributed by atoms with Crippen molar-refractivity contribution in [1.29, 1.82) is 0 Å². The number of halogens is 2. The van der Waals surface area contributed by atoms with E-state index in [0.717, 1.165) is 25.7 Å². The van der Waals surface area contributed by atoms with E-state index in [-0.39, 0.29) is 36.5 Å². The molecule has 0 aromatic heterocycles. The van der Waals surface area contributed by atoms with Gasteiger partial charge in [-0.15, -0.1) is 0 Å². The van der Waals surface area contributed by atoms with Gasteiger partial charge in [0, 0.05) is 28.1 Å². The highest BCUT2D eigenvalue weighted by molar-refractivity contribution is 6.35. The molecule has 2 fully saturated rings. The summed E-state index contributed by atoms with van der Waals surface area (Å²) in [5, 5.41) is 16.2. The number of amides is 2. The first-order valence-electron chi connectivity index (χ1n) is 9.27. The molecule has 0 radical (unpaired) electrons. The van der Waals surface area contributed by atoms with Crippen LogP contribution in [0, 0.1) is 5.92 Å². The zero-order chi connectivity index (χ0) is 19.4. The fourth-order valence-corrected chi connectivity index (χ4v) is 3.82. The maximum Gasteiger partial charge on any atom is 0.251 e. The second kappa shape index (κ2) is 9.24. The molecule has 2 aliphatic rings. The van der Waals surface area contributed by atoms with Crippen molar-refractivity contribution < 1.29 is 19.4 Å². The highest BCUT2D eigenvalue weighted by atomic mass is 35.5. The van der Waals surface area contributed by atoms with Crippen molar-refractivity contribution in [2.75, 3.05) is 13.2 Å². The van der Waals surface area contributed by atoms with E-state index in [4.69, 9.17) is 27.9 Å². The van der Waals surface area contributed by atoms with Crippen molar-refractivity contribution in [2.45, 2.75) is 50.4 Å². The Morgan fingerprint density at radius 3 is 2.44 bits per heavy atom. The molecule has 1 heterocycles. The molecule has 1 aromatic rings. The van der Waals surface area contributed by atoms with Crippen LogP contribution >= 0.6 is 23.2 Å². The summed E-state index contributed by atoms with van der Waals surface area (Å²) in [5.74, 6) is -0.0475. The number of rotatable bonds is 7. The van der Waals surface area contributed by atoms with Crippen LogP contribution in [0.3, 0.4) is 0 Å². The number of aliphatic hydroxyl groups excluding tert-OH is 1. The van der Waals surface area contributed by atoms with Crippen LogP contribution in [0.5, 0.6) is 0 Å². The van der Waals surface area contributed by atoms with E-state index in [9.17, 15) is 14.7 Å². The number of hydrogen-bond donors (Lipinski definition) is 3. The zero-order valence-corrected chi connectivity index (χ0v) is 16.4. The third kappa shape index (κ3) is 5.82. The minimum atomic E-state index is -0.408. The lowest BCUT2D eigenvalue weighted by atomic mass is 9.97. The van der Waals surface area contributed by atoms with Crippen molar-refractivity contribution in [1.82, 2.24) is 10.6 Å². The van der Waals surface area contributed by atoms with E-state index < -0.39 is 6.10 Å². The summed E-state index contributed by atoms with van der Waals surface area (Å²) in [5.41, 5.74) is 0.410. The topological polar surface area (TPSA) is 87.7 Å². The molecule has 1 aliphatic heterocycles. The van der Waals surface area contributed by atoms with Gasteiger partial charge in [-0.3, -0.25) is 9.59 Å². The molecule has 1 aromatic carbocycles. The Hall–Kier alpha value is -1.34. The second-order valence-corrected chi connectivity index (χ2v) is 8.02. The Kier molecular flexibility index (Phi) is 6.98. The number of carbonyl (C=O) groups is 2. The van der Waals surface area contributed by atoms with Crippen LogP contribution in [0.2, 0.25) is 10.0 Å². The summed E-state index contributed by atoms with van der Waals surface area (Å²) in [4.78, 5) is 24.1. The van der Waals surface area contributed by atoms with Gasteiger partial charge in [0.15, 0.2) is 0 Å². The minimum absolute atomic E-state index is 0.0629. The molecule has 1 saturated carbocycles. The molecular weight excluding hydrogens is 391 g/mol. The van der Waals surface area contributed by atoms with Crippen molar-refractivity contribution in [3.8, 4) is 0 Å². The molecule has 148 valence electrons. The summed E-state index contributed by atoms with van der Waals surface area (Å²) in [7, 11) is 0. The lowest BCUT2D eigenvalue weighted by Crippen LogP contribution is -2.51. The van der Waals surface area contributed by atoms with Crippen molar-refractivity contribution in [3.05, 3.63) is 33.8 Å². The van der Waals surface area contributed by atoms with Crippen LogP contribution in [-0.4, -0.2) is 48.3 Å². The average Bonchev–Trinajstić information content (AvgIpc) is 3.47. The smallest absolute Gasteiger partial charge is 0.251 e. The van der Waals surface area contributed by atoms with Crippen LogP contribution < -0.4 is 10.6 Å². The first-order chi connectivity index (χ1) is 13.0. The van der Waals surface area contributed by atoms with E-state index in [1.807, 2.05) is 0 Å². The standard InChI is InChI=1S/C19H24Cl2N2O4/c20-13-7-12(8-14(21)9-13)18(25)22-6-5-15-3-4-16(17(10-24)27-15)23-19(26)11-1-2-11/h7-9,11,15-17,24H,1-6,10H2,(H,22,25)(H,23,26)/t15-,16+,17-/m0/s1. The average molecular weight is 415 g/mol. The maximum atomic E-state index is 12.2. The third-order valence-corrected chi connectivity index (χ3v) is 5.38. The van der Waals surface area contributed by atoms with Crippen molar-refractivity contribution in [2.24, 2.45) is 5.92 Å². The molecule has 0 unspecified atom stereocenters. The molecule has 0 spiro atoms. The van der Waals surface area contributed by atoms with Gasteiger partial charge in [-0.05, 0) is 50.3 Å². The van der Waals surface area contributed by atoms with Gasteiger partial charge in [-0.25, -0.2) is 0 Å². The lowest BCUT2D eigenvalue weighted by Gasteiger charge is -2.36. The highest BCUT2D eigenvalue weighted by Crippen LogP contribution is 2.30. The van der Waals surface area contributed by atoms with Crippen molar-refractivity contribution >= 4 is 35.0 Å². The summed E-state index contributed by atoms with van der Waals surface area (Å²) in [6.07, 6.45) is 3.57.